The highest BCUT2D eigenvalue weighted by Gasteiger charge is 2.36. The van der Waals surface area contributed by atoms with E-state index in [9.17, 15) is 4.79 Å². The van der Waals surface area contributed by atoms with Crippen molar-refractivity contribution < 1.29 is 9.53 Å². The summed E-state index contributed by atoms with van der Waals surface area (Å²) in [5.74, 6) is 0.371. The molecule has 4 atom stereocenters. The van der Waals surface area contributed by atoms with E-state index in [1.807, 2.05) is 17.0 Å². The van der Waals surface area contributed by atoms with Gasteiger partial charge in [0.1, 0.15) is 6.10 Å². The number of amides is 1. The van der Waals surface area contributed by atoms with Crippen LogP contribution < -0.4 is 5.73 Å². The van der Waals surface area contributed by atoms with Gasteiger partial charge in [-0.1, -0.05) is 24.3 Å². The van der Waals surface area contributed by atoms with Crippen LogP contribution in [0.5, 0.6) is 0 Å². The van der Waals surface area contributed by atoms with E-state index in [2.05, 4.69) is 26.0 Å². The van der Waals surface area contributed by atoms with Gasteiger partial charge in [0.05, 0.1) is 19.2 Å². The molecular weight excluding hydrogens is 276 g/mol. The van der Waals surface area contributed by atoms with Crippen LogP contribution in [0, 0.1) is 12.8 Å². The minimum Gasteiger partial charge on any atom is -0.370 e. The molecular formula is C18H26N2O2. The highest BCUT2D eigenvalue weighted by atomic mass is 16.5. The van der Waals surface area contributed by atoms with Crippen molar-refractivity contribution >= 4 is 5.91 Å². The fourth-order valence-corrected chi connectivity index (χ4v) is 3.68. The second-order valence-electron chi connectivity index (χ2n) is 6.79. The molecule has 1 amide bonds. The van der Waals surface area contributed by atoms with Crippen LogP contribution in [0.15, 0.2) is 24.3 Å². The van der Waals surface area contributed by atoms with Crippen LogP contribution in [0.1, 0.15) is 43.4 Å². The monoisotopic (exact) mass is 302 g/mol. The topological polar surface area (TPSA) is 55.6 Å². The maximum Gasteiger partial charge on any atom is 0.226 e. The molecule has 1 saturated carbocycles. The predicted octanol–water partition coefficient (Wildman–Crippen LogP) is 2.41. The van der Waals surface area contributed by atoms with Crippen molar-refractivity contribution in [3.63, 3.8) is 0 Å². The number of ether oxygens (including phenoxy) is 1. The van der Waals surface area contributed by atoms with Gasteiger partial charge in [-0.2, -0.15) is 0 Å². The quantitative estimate of drug-likeness (QED) is 0.913. The third-order valence-electron chi connectivity index (χ3n) is 5.07. The van der Waals surface area contributed by atoms with Gasteiger partial charge in [0.2, 0.25) is 5.91 Å². The van der Waals surface area contributed by atoms with Crippen LogP contribution in [-0.2, 0) is 9.53 Å². The second kappa shape index (κ2) is 6.39. The summed E-state index contributed by atoms with van der Waals surface area (Å²) in [4.78, 5) is 14.9. The molecule has 1 aromatic carbocycles. The van der Waals surface area contributed by atoms with Crippen molar-refractivity contribution in [2.45, 2.75) is 51.3 Å². The number of hydrogen-bond donors (Lipinski definition) is 1. The molecule has 4 nitrogen and oxygen atoms in total. The highest BCUT2D eigenvalue weighted by Crippen LogP contribution is 2.31. The van der Waals surface area contributed by atoms with Crippen LogP contribution in [0.4, 0.5) is 0 Å². The molecule has 3 rings (SSSR count). The van der Waals surface area contributed by atoms with Gasteiger partial charge in [-0.05, 0) is 44.2 Å². The number of rotatable bonds is 2. The molecule has 0 spiro atoms. The minimum atomic E-state index is -0.0172. The molecule has 0 bridgehead atoms. The first-order valence-corrected chi connectivity index (χ1v) is 8.29. The Kier molecular flexibility index (Phi) is 4.50. The summed E-state index contributed by atoms with van der Waals surface area (Å²) in [5, 5.41) is 0. The summed E-state index contributed by atoms with van der Waals surface area (Å²) in [6.07, 6.45) is 2.71. The Labute approximate surface area is 132 Å². The summed E-state index contributed by atoms with van der Waals surface area (Å²) in [6.45, 7) is 5.42. The summed E-state index contributed by atoms with van der Waals surface area (Å²) in [7, 11) is 0. The fraction of sp³-hybridized carbons (Fsp3) is 0.611. The first kappa shape index (κ1) is 15.5. The van der Waals surface area contributed by atoms with Crippen molar-refractivity contribution in [1.29, 1.82) is 0 Å². The first-order valence-electron chi connectivity index (χ1n) is 8.29. The molecule has 1 aliphatic heterocycles. The zero-order valence-corrected chi connectivity index (χ0v) is 13.5. The smallest absolute Gasteiger partial charge is 0.226 e. The number of benzene rings is 1. The standard InChI is InChI=1S/C18H26N2O2/c1-12-5-3-4-6-16(12)17-10-20(13(2)11-22-17)18(21)14-7-8-15(19)9-14/h3-6,13-15,17H,7-11,19H2,1-2H3. The SMILES string of the molecule is Cc1ccccc1C1CN(C(=O)C2CCC(N)C2)C(C)CO1. The third-order valence-corrected chi connectivity index (χ3v) is 5.07. The number of aryl methyl sites for hydroxylation is 1. The highest BCUT2D eigenvalue weighted by molar-refractivity contribution is 5.79. The lowest BCUT2D eigenvalue weighted by molar-refractivity contribution is -0.148. The van der Waals surface area contributed by atoms with Gasteiger partial charge in [0.15, 0.2) is 0 Å². The van der Waals surface area contributed by atoms with E-state index in [1.54, 1.807) is 0 Å². The van der Waals surface area contributed by atoms with Crippen molar-refractivity contribution in [3.8, 4) is 0 Å². The van der Waals surface area contributed by atoms with E-state index in [4.69, 9.17) is 10.5 Å². The number of morpholine rings is 1. The number of carbonyl (C=O) groups is 1. The predicted molar refractivity (Wildman–Crippen MR) is 86.4 cm³/mol. The molecule has 4 unspecified atom stereocenters. The molecule has 22 heavy (non-hydrogen) atoms. The largest absolute Gasteiger partial charge is 0.370 e. The van der Waals surface area contributed by atoms with Crippen LogP contribution in [0.3, 0.4) is 0 Å². The lowest BCUT2D eigenvalue weighted by atomic mass is 9.99. The van der Waals surface area contributed by atoms with E-state index < -0.39 is 0 Å². The Morgan fingerprint density at radius 1 is 1.32 bits per heavy atom. The molecule has 4 heteroatoms. The van der Waals surface area contributed by atoms with Gasteiger partial charge >= 0.3 is 0 Å². The molecule has 120 valence electrons. The zero-order chi connectivity index (χ0) is 15.7. The summed E-state index contributed by atoms with van der Waals surface area (Å²) in [6, 6.07) is 8.60. The summed E-state index contributed by atoms with van der Waals surface area (Å²) in [5.41, 5.74) is 8.38. The average Bonchev–Trinajstić information content (AvgIpc) is 2.94. The maximum atomic E-state index is 12.8. The Hall–Kier alpha value is -1.39. The van der Waals surface area contributed by atoms with Gasteiger partial charge in [0.25, 0.3) is 0 Å². The lowest BCUT2D eigenvalue weighted by Gasteiger charge is -2.40. The Morgan fingerprint density at radius 3 is 2.77 bits per heavy atom. The van der Waals surface area contributed by atoms with Crippen LogP contribution in [0.25, 0.3) is 0 Å². The molecule has 1 aliphatic carbocycles. The Morgan fingerprint density at radius 2 is 2.09 bits per heavy atom. The first-order chi connectivity index (χ1) is 10.6. The maximum absolute atomic E-state index is 12.8. The van der Waals surface area contributed by atoms with Gasteiger partial charge in [-0.3, -0.25) is 4.79 Å². The minimum absolute atomic E-state index is 0.0172. The van der Waals surface area contributed by atoms with E-state index in [0.717, 1.165) is 19.3 Å². The van der Waals surface area contributed by atoms with Gasteiger partial charge < -0.3 is 15.4 Å². The van der Waals surface area contributed by atoms with Crippen LogP contribution in [-0.4, -0.2) is 36.0 Å². The van der Waals surface area contributed by atoms with E-state index >= 15 is 0 Å². The van der Waals surface area contributed by atoms with Crippen LogP contribution >= 0.6 is 0 Å². The molecule has 1 saturated heterocycles. The molecule has 2 fully saturated rings. The summed E-state index contributed by atoms with van der Waals surface area (Å²) >= 11 is 0. The lowest BCUT2D eigenvalue weighted by Crippen LogP contribution is -2.50. The number of nitrogens with two attached hydrogens (primary N) is 1. The normalized spacial score (nSPS) is 32.2. The number of nitrogens with zero attached hydrogens (tertiary/aromatic N) is 1. The Bertz CT molecular complexity index is 546. The van der Waals surface area contributed by atoms with Crippen molar-refractivity contribution in [2.24, 2.45) is 11.7 Å². The van der Waals surface area contributed by atoms with Crippen molar-refractivity contribution in [2.75, 3.05) is 13.2 Å². The molecule has 1 aromatic rings. The van der Waals surface area contributed by atoms with Crippen LogP contribution in [0.2, 0.25) is 0 Å². The third kappa shape index (κ3) is 3.03. The van der Waals surface area contributed by atoms with Crippen molar-refractivity contribution in [3.05, 3.63) is 35.4 Å². The molecule has 0 radical (unpaired) electrons. The van der Waals surface area contributed by atoms with Gasteiger partial charge in [-0.25, -0.2) is 0 Å². The Balaban J connectivity index is 1.74. The van der Waals surface area contributed by atoms with Crippen molar-refractivity contribution in [1.82, 2.24) is 4.90 Å². The second-order valence-corrected chi connectivity index (χ2v) is 6.79. The molecule has 2 aliphatic rings. The molecule has 2 N–H and O–H groups in total. The zero-order valence-electron chi connectivity index (χ0n) is 13.5. The number of carbonyl (C=O) groups excluding carboxylic acids is 1. The molecule has 0 aromatic heterocycles. The van der Waals surface area contributed by atoms with Gasteiger partial charge in [0, 0.05) is 12.0 Å². The summed E-state index contributed by atoms with van der Waals surface area (Å²) < 4.78 is 6.00. The molecule has 1 heterocycles. The van der Waals surface area contributed by atoms with E-state index in [1.165, 1.54) is 11.1 Å². The van der Waals surface area contributed by atoms with Gasteiger partial charge in [-0.15, -0.1) is 0 Å². The average molecular weight is 302 g/mol. The van der Waals surface area contributed by atoms with E-state index in [0.29, 0.717) is 13.2 Å². The van der Waals surface area contributed by atoms with E-state index in [-0.39, 0.29) is 30.0 Å². The fourth-order valence-electron chi connectivity index (χ4n) is 3.68. The number of hydrogen-bond acceptors (Lipinski definition) is 3.